The van der Waals surface area contributed by atoms with Gasteiger partial charge in [-0.2, -0.15) is 0 Å². The van der Waals surface area contributed by atoms with Crippen LogP contribution < -0.4 is 0 Å². The SMILES string of the molecule is [2H]C([2H])([2H])OC1OC(=Nc2ccccc2)C12C1CC3CC(C1)CC2C3. The molecular formula is C19H23NO2. The highest BCUT2D eigenvalue weighted by molar-refractivity contribution is 5.91. The van der Waals surface area contributed by atoms with Gasteiger partial charge in [-0.3, -0.25) is 0 Å². The molecule has 4 aliphatic carbocycles. The summed E-state index contributed by atoms with van der Waals surface area (Å²) in [5.74, 6) is 3.17. The minimum absolute atomic E-state index is 0.336. The summed E-state index contributed by atoms with van der Waals surface area (Å²) < 4.78 is 33.9. The van der Waals surface area contributed by atoms with Gasteiger partial charge in [-0.15, -0.1) is 0 Å². The first-order valence-electron chi connectivity index (χ1n) is 9.94. The van der Waals surface area contributed by atoms with E-state index in [-0.39, 0.29) is 5.41 Å². The third-order valence-electron chi connectivity index (χ3n) is 6.56. The monoisotopic (exact) mass is 300 g/mol. The van der Waals surface area contributed by atoms with E-state index in [0.29, 0.717) is 17.7 Å². The molecule has 22 heavy (non-hydrogen) atoms. The first-order chi connectivity index (χ1) is 11.9. The van der Waals surface area contributed by atoms with Crippen LogP contribution in [0.4, 0.5) is 5.69 Å². The number of aliphatic imine (C=N–C) groups is 1. The summed E-state index contributed by atoms with van der Waals surface area (Å²) in [6.07, 6.45) is 5.30. The van der Waals surface area contributed by atoms with Crippen LogP contribution in [0.25, 0.3) is 0 Å². The summed E-state index contributed by atoms with van der Waals surface area (Å²) in [6, 6.07) is 9.79. The van der Waals surface area contributed by atoms with Gasteiger partial charge in [-0.05, 0) is 67.9 Å². The third-order valence-corrected chi connectivity index (χ3v) is 6.56. The number of nitrogens with zero attached hydrogens (tertiary/aromatic N) is 1. The zero-order chi connectivity index (χ0) is 17.2. The predicted molar refractivity (Wildman–Crippen MR) is 84.9 cm³/mol. The fourth-order valence-electron chi connectivity index (χ4n) is 5.91. The van der Waals surface area contributed by atoms with Gasteiger partial charge < -0.3 is 9.47 Å². The second-order valence-electron chi connectivity index (χ2n) is 7.56. The van der Waals surface area contributed by atoms with Crippen LogP contribution in [0, 0.1) is 29.1 Å². The standard InChI is InChI=1S/C19H23NO2/c1-21-18-19(17(22-18)20-16-5-3-2-4-6-16)14-8-12-7-13(10-14)11-15(19)9-12/h2-6,12-15,18H,7-11H2,1H3/i1D3. The Bertz CT molecular complexity index is 672. The predicted octanol–water partition coefficient (Wildman–Crippen LogP) is 4.16. The Balaban J connectivity index is 1.54. The van der Waals surface area contributed by atoms with E-state index in [1.165, 1.54) is 6.42 Å². The van der Waals surface area contributed by atoms with Crippen LogP contribution in [0.2, 0.25) is 0 Å². The second kappa shape index (κ2) is 4.58. The minimum Gasteiger partial charge on any atom is -0.450 e. The molecule has 1 saturated heterocycles. The van der Waals surface area contributed by atoms with Gasteiger partial charge in [-0.25, -0.2) is 4.99 Å². The molecule has 1 unspecified atom stereocenters. The molecule has 4 bridgehead atoms. The fraction of sp³-hybridized carbons (Fsp3) is 0.632. The summed E-state index contributed by atoms with van der Waals surface area (Å²) >= 11 is 0. The van der Waals surface area contributed by atoms with Crippen LogP contribution in [0.1, 0.15) is 36.2 Å². The lowest BCUT2D eigenvalue weighted by molar-refractivity contribution is -0.265. The highest BCUT2D eigenvalue weighted by atomic mass is 16.7. The van der Waals surface area contributed by atoms with E-state index in [1.807, 2.05) is 30.3 Å². The van der Waals surface area contributed by atoms with Gasteiger partial charge in [0, 0.05) is 7.04 Å². The zero-order valence-electron chi connectivity index (χ0n) is 15.6. The van der Waals surface area contributed by atoms with E-state index >= 15 is 0 Å². The van der Waals surface area contributed by atoms with Crippen LogP contribution in [0.3, 0.4) is 0 Å². The molecule has 1 spiro atoms. The van der Waals surface area contributed by atoms with Crippen molar-refractivity contribution >= 4 is 11.6 Å². The van der Waals surface area contributed by atoms with E-state index in [1.54, 1.807) is 0 Å². The molecular weight excluding hydrogens is 274 g/mol. The van der Waals surface area contributed by atoms with Gasteiger partial charge >= 0.3 is 0 Å². The number of rotatable bonds is 2. The molecule has 1 atom stereocenters. The Morgan fingerprint density at radius 1 is 1.09 bits per heavy atom. The normalized spacial score (nSPS) is 49.4. The van der Waals surface area contributed by atoms with Gasteiger partial charge in [0.05, 0.1) is 9.80 Å². The molecule has 0 N–H and O–H groups in total. The molecule has 116 valence electrons. The maximum atomic E-state index is 7.53. The molecule has 6 rings (SSSR count). The molecule has 0 radical (unpaired) electrons. The van der Waals surface area contributed by atoms with Gasteiger partial charge in [0.15, 0.2) is 0 Å². The molecule has 1 aromatic carbocycles. The van der Waals surface area contributed by atoms with E-state index < -0.39 is 13.3 Å². The van der Waals surface area contributed by atoms with Crippen molar-refractivity contribution < 1.29 is 13.6 Å². The fourth-order valence-corrected chi connectivity index (χ4v) is 5.91. The molecule has 5 aliphatic rings. The van der Waals surface area contributed by atoms with Crippen molar-refractivity contribution in [2.45, 2.75) is 38.4 Å². The number of methoxy groups -OCH3 is 1. The maximum Gasteiger partial charge on any atom is 0.216 e. The third kappa shape index (κ3) is 1.58. The van der Waals surface area contributed by atoms with Gasteiger partial charge in [0.1, 0.15) is 5.41 Å². The number of para-hydroxylation sites is 1. The number of hydrogen-bond donors (Lipinski definition) is 0. The smallest absolute Gasteiger partial charge is 0.216 e. The molecule has 5 fully saturated rings. The summed E-state index contributed by atoms with van der Waals surface area (Å²) in [5.41, 5.74) is 0.524. The van der Waals surface area contributed by atoms with Gasteiger partial charge in [-0.1, -0.05) is 18.2 Å². The Labute approximate surface area is 135 Å². The average molecular weight is 300 g/mol. The molecule has 0 aromatic heterocycles. The topological polar surface area (TPSA) is 30.8 Å². The lowest BCUT2D eigenvalue weighted by Gasteiger charge is -2.66. The van der Waals surface area contributed by atoms with Crippen molar-refractivity contribution in [3.8, 4) is 0 Å². The van der Waals surface area contributed by atoms with E-state index in [2.05, 4.69) is 0 Å². The van der Waals surface area contributed by atoms with Crippen LogP contribution in [-0.2, 0) is 9.47 Å². The Hall–Kier alpha value is -1.35. The van der Waals surface area contributed by atoms with Crippen molar-refractivity contribution in [3.63, 3.8) is 0 Å². The molecule has 4 saturated carbocycles. The van der Waals surface area contributed by atoms with Crippen LogP contribution in [-0.4, -0.2) is 19.2 Å². The highest BCUT2D eigenvalue weighted by Crippen LogP contribution is 2.67. The average Bonchev–Trinajstić information content (AvgIpc) is 2.53. The zero-order valence-corrected chi connectivity index (χ0v) is 12.6. The van der Waals surface area contributed by atoms with Crippen molar-refractivity contribution in [1.82, 2.24) is 0 Å². The summed E-state index contributed by atoms with van der Waals surface area (Å²) in [6.45, 7) is 0. The lowest BCUT2D eigenvalue weighted by atomic mass is 9.43. The summed E-state index contributed by atoms with van der Waals surface area (Å²) in [5, 5.41) is 0. The molecule has 1 aliphatic heterocycles. The maximum absolute atomic E-state index is 7.53. The van der Waals surface area contributed by atoms with Crippen LogP contribution in [0.15, 0.2) is 35.3 Å². The van der Waals surface area contributed by atoms with Crippen LogP contribution in [0.5, 0.6) is 0 Å². The van der Waals surface area contributed by atoms with Crippen molar-refractivity contribution in [2.75, 3.05) is 7.04 Å². The van der Waals surface area contributed by atoms with E-state index in [0.717, 1.165) is 43.2 Å². The van der Waals surface area contributed by atoms with Gasteiger partial charge in [0.2, 0.25) is 12.2 Å². The second-order valence-corrected chi connectivity index (χ2v) is 7.56. The largest absolute Gasteiger partial charge is 0.450 e. The van der Waals surface area contributed by atoms with Crippen molar-refractivity contribution in [3.05, 3.63) is 30.3 Å². The molecule has 1 aromatic rings. The van der Waals surface area contributed by atoms with Gasteiger partial charge in [0.25, 0.3) is 0 Å². The molecule has 3 heteroatoms. The Morgan fingerprint density at radius 3 is 2.41 bits per heavy atom. The Morgan fingerprint density at radius 2 is 1.77 bits per heavy atom. The number of ether oxygens (including phenoxy) is 2. The van der Waals surface area contributed by atoms with E-state index in [9.17, 15) is 0 Å². The van der Waals surface area contributed by atoms with Crippen LogP contribution >= 0.6 is 0 Å². The van der Waals surface area contributed by atoms with E-state index in [4.69, 9.17) is 18.6 Å². The number of benzene rings is 1. The summed E-state index contributed by atoms with van der Waals surface area (Å²) in [4.78, 5) is 4.77. The highest BCUT2D eigenvalue weighted by Gasteiger charge is 2.70. The minimum atomic E-state index is -2.44. The lowest BCUT2D eigenvalue weighted by Crippen LogP contribution is -2.70. The molecule has 1 heterocycles. The first-order valence-corrected chi connectivity index (χ1v) is 8.44. The Kier molecular flexibility index (Phi) is 2.17. The first kappa shape index (κ1) is 10.4. The van der Waals surface area contributed by atoms with Crippen molar-refractivity contribution in [1.29, 1.82) is 0 Å². The molecule has 3 nitrogen and oxygen atoms in total. The molecule has 0 amide bonds. The van der Waals surface area contributed by atoms with Crippen molar-refractivity contribution in [2.24, 2.45) is 34.1 Å². The quantitative estimate of drug-likeness (QED) is 0.821. The number of hydrogen-bond acceptors (Lipinski definition) is 3. The summed E-state index contributed by atoms with van der Waals surface area (Å²) in [7, 11) is -2.44.